The lowest BCUT2D eigenvalue weighted by Crippen LogP contribution is -1.97. The highest BCUT2D eigenvalue weighted by Crippen LogP contribution is 2.38. The number of nitrogens with zero attached hydrogens (tertiary/aromatic N) is 2. The van der Waals surface area contributed by atoms with E-state index in [0.717, 1.165) is 23.6 Å². The molecule has 20 heavy (non-hydrogen) atoms. The number of aromatic nitrogens is 2. The number of hydrogen-bond acceptors (Lipinski definition) is 5. The van der Waals surface area contributed by atoms with Gasteiger partial charge in [0, 0.05) is 10.8 Å². The molecule has 5 nitrogen and oxygen atoms in total. The summed E-state index contributed by atoms with van der Waals surface area (Å²) in [5.41, 5.74) is 0.0980. The summed E-state index contributed by atoms with van der Waals surface area (Å²) in [5, 5.41) is 13.2. The fraction of sp³-hybridized carbons (Fsp3) is 0.308. The van der Waals surface area contributed by atoms with E-state index in [4.69, 9.17) is 21.2 Å². The number of hydrogen-bond donors (Lipinski definition) is 1. The van der Waals surface area contributed by atoms with Crippen molar-refractivity contribution < 1.29 is 14.4 Å². The second-order valence-electron chi connectivity index (χ2n) is 4.56. The second kappa shape index (κ2) is 5.46. The van der Waals surface area contributed by atoms with Gasteiger partial charge in [-0.25, -0.2) is 4.79 Å². The molecular formula is C13H11ClN2O3S. The fourth-order valence-electron chi connectivity index (χ4n) is 1.74. The maximum absolute atomic E-state index is 11.0. The summed E-state index contributed by atoms with van der Waals surface area (Å²) >= 11 is 7.26. The Kier molecular flexibility index (Phi) is 3.67. The van der Waals surface area contributed by atoms with Crippen LogP contribution in [0, 0.1) is 0 Å². The van der Waals surface area contributed by atoms with Crippen LogP contribution in [-0.2, 0) is 5.75 Å². The van der Waals surface area contributed by atoms with Crippen LogP contribution in [0.1, 0.15) is 40.8 Å². The average molecular weight is 311 g/mol. The summed E-state index contributed by atoms with van der Waals surface area (Å²) in [6.45, 7) is 0. The van der Waals surface area contributed by atoms with E-state index in [2.05, 4.69) is 10.1 Å². The predicted molar refractivity (Wildman–Crippen MR) is 74.2 cm³/mol. The summed E-state index contributed by atoms with van der Waals surface area (Å²) in [5.74, 6) is 1.28. The third kappa shape index (κ3) is 2.96. The van der Waals surface area contributed by atoms with Crippen LogP contribution >= 0.6 is 23.4 Å². The number of aromatic carboxylic acids is 1. The summed E-state index contributed by atoms with van der Waals surface area (Å²) in [4.78, 5) is 16.1. The number of carbonyl (C=O) groups is 1. The predicted octanol–water partition coefficient (Wildman–Crippen LogP) is 3.59. The van der Waals surface area contributed by atoms with Crippen molar-refractivity contribution in [2.75, 3.05) is 0 Å². The van der Waals surface area contributed by atoms with Gasteiger partial charge in [0.1, 0.15) is 0 Å². The highest BCUT2D eigenvalue weighted by Gasteiger charge is 2.28. The molecule has 3 rings (SSSR count). The molecule has 1 fully saturated rings. The van der Waals surface area contributed by atoms with Crippen LogP contribution in [0.2, 0.25) is 5.02 Å². The number of carboxylic acid groups (broad SMARTS) is 1. The Bertz CT molecular complexity index is 655. The molecule has 1 heterocycles. The van der Waals surface area contributed by atoms with E-state index >= 15 is 0 Å². The van der Waals surface area contributed by atoms with Crippen molar-refractivity contribution >= 4 is 29.3 Å². The first-order valence-electron chi connectivity index (χ1n) is 6.11. The number of benzene rings is 1. The molecule has 0 bridgehead atoms. The van der Waals surface area contributed by atoms with E-state index in [9.17, 15) is 4.79 Å². The van der Waals surface area contributed by atoms with Gasteiger partial charge in [0.15, 0.2) is 5.82 Å². The van der Waals surface area contributed by atoms with Gasteiger partial charge in [0.25, 0.3) is 0 Å². The van der Waals surface area contributed by atoms with Gasteiger partial charge in [-0.2, -0.15) is 4.98 Å². The molecule has 0 aliphatic heterocycles. The Morgan fingerprint density at radius 1 is 1.50 bits per heavy atom. The van der Waals surface area contributed by atoms with Crippen molar-refractivity contribution in [3.8, 4) is 0 Å². The minimum Gasteiger partial charge on any atom is -0.478 e. The summed E-state index contributed by atoms with van der Waals surface area (Å²) in [7, 11) is 0. The summed E-state index contributed by atoms with van der Waals surface area (Å²) in [6, 6.07) is 4.90. The molecule has 0 radical (unpaired) electrons. The van der Waals surface area contributed by atoms with Gasteiger partial charge < -0.3 is 9.63 Å². The van der Waals surface area contributed by atoms with E-state index in [1.54, 1.807) is 18.2 Å². The zero-order valence-electron chi connectivity index (χ0n) is 10.4. The van der Waals surface area contributed by atoms with E-state index < -0.39 is 5.97 Å². The topological polar surface area (TPSA) is 76.2 Å². The Morgan fingerprint density at radius 3 is 3.00 bits per heavy atom. The van der Waals surface area contributed by atoms with Crippen molar-refractivity contribution in [2.45, 2.75) is 29.4 Å². The minimum atomic E-state index is -1.04. The highest BCUT2D eigenvalue weighted by atomic mass is 35.5. The molecule has 1 aliphatic carbocycles. The molecule has 1 aromatic heterocycles. The van der Waals surface area contributed by atoms with Crippen molar-refractivity contribution in [1.82, 2.24) is 10.1 Å². The zero-order valence-corrected chi connectivity index (χ0v) is 11.9. The lowest BCUT2D eigenvalue weighted by molar-refractivity contribution is 0.0697. The number of halogens is 1. The molecule has 0 spiro atoms. The molecule has 1 N–H and O–H groups in total. The highest BCUT2D eigenvalue weighted by molar-refractivity contribution is 7.98. The molecule has 1 aliphatic rings. The molecular weight excluding hydrogens is 300 g/mol. The molecule has 0 atom stereocenters. The van der Waals surface area contributed by atoms with Gasteiger partial charge >= 0.3 is 5.97 Å². The Hall–Kier alpha value is -1.53. The van der Waals surface area contributed by atoms with Crippen LogP contribution in [0.25, 0.3) is 0 Å². The lowest BCUT2D eigenvalue weighted by atomic mass is 10.2. The van der Waals surface area contributed by atoms with Crippen molar-refractivity contribution in [2.24, 2.45) is 0 Å². The van der Waals surface area contributed by atoms with Crippen LogP contribution in [0.3, 0.4) is 0 Å². The maximum atomic E-state index is 11.0. The standard InChI is InChI=1S/C13H11ClN2O3S/c14-10-4-3-8(5-9(10)13(17)18)20-6-11-15-12(16-19-11)7-1-2-7/h3-5,7H,1-2,6H2,(H,17,18). The van der Waals surface area contributed by atoms with Crippen LogP contribution in [0.15, 0.2) is 27.6 Å². The molecule has 1 aromatic carbocycles. The van der Waals surface area contributed by atoms with Crippen molar-refractivity contribution in [3.05, 3.63) is 40.5 Å². The molecule has 0 amide bonds. The van der Waals surface area contributed by atoms with Crippen LogP contribution in [0.4, 0.5) is 0 Å². The van der Waals surface area contributed by atoms with Crippen molar-refractivity contribution in [1.29, 1.82) is 0 Å². The molecule has 2 aromatic rings. The van der Waals surface area contributed by atoms with Gasteiger partial charge in [-0.3, -0.25) is 0 Å². The van der Waals surface area contributed by atoms with Crippen LogP contribution in [-0.4, -0.2) is 21.2 Å². The summed E-state index contributed by atoms with van der Waals surface area (Å²) < 4.78 is 5.16. The Morgan fingerprint density at radius 2 is 2.30 bits per heavy atom. The first-order chi connectivity index (χ1) is 9.63. The molecule has 0 saturated heterocycles. The summed E-state index contributed by atoms with van der Waals surface area (Å²) in [6.07, 6.45) is 2.26. The average Bonchev–Trinajstić information content (AvgIpc) is 3.17. The van der Waals surface area contributed by atoms with E-state index in [0.29, 0.717) is 17.6 Å². The van der Waals surface area contributed by atoms with Crippen molar-refractivity contribution in [3.63, 3.8) is 0 Å². The monoisotopic (exact) mass is 310 g/mol. The molecule has 0 unspecified atom stereocenters. The van der Waals surface area contributed by atoms with Gasteiger partial charge in [-0.15, -0.1) is 11.8 Å². The van der Waals surface area contributed by atoms with Gasteiger partial charge in [-0.05, 0) is 31.0 Å². The minimum absolute atomic E-state index is 0.0980. The van der Waals surface area contributed by atoms with E-state index in [1.807, 2.05) is 0 Å². The molecule has 1 saturated carbocycles. The van der Waals surface area contributed by atoms with Gasteiger partial charge in [0.2, 0.25) is 5.89 Å². The van der Waals surface area contributed by atoms with Gasteiger partial charge in [0.05, 0.1) is 16.3 Å². The normalized spacial score (nSPS) is 14.4. The second-order valence-corrected chi connectivity index (χ2v) is 6.01. The maximum Gasteiger partial charge on any atom is 0.337 e. The SMILES string of the molecule is O=C(O)c1cc(SCc2nc(C3CC3)no2)ccc1Cl. The first-order valence-corrected chi connectivity index (χ1v) is 7.48. The first kappa shape index (κ1) is 13.5. The lowest BCUT2D eigenvalue weighted by Gasteiger charge is -2.02. The third-order valence-electron chi connectivity index (χ3n) is 2.96. The Balaban J connectivity index is 1.67. The largest absolute Gasteiger partial charge is 0.478 e. The molecule has 7 heteroatoms. The number of thioether (sulfide) groups is 1. The molecule has 104 valence electrons. The third-order valence-corrected chi connectivity index (χ3v) is 4.26. The number of rotatable bonds is 5. The number of carboxylic acids is 1. The van der Waals surface area contributed by atoms with E-state index in [1.165, 1.54) is 11.8 Å². The fourth-order valence-corrected chi connectivity index (χ4v) is 2.71. The van der Waals surface area contributed by atoms with E-state index in [-0.39, 0.29) is 10.6 Å². The smallest absolute Gasteiger partial charge is 0.337 e. The van der Waals surface area contributed by atoms with Gasteiger partial charge in [-0.1, -0.05) is 16.8 Å². The van der Waals surface area contributed by atoms with Crippen LogP contribution < -0.4 is 0 Å². The Labute approximate surface area is 124 Å². The van der Waals surface area contributed by atoms with Crippen LogP contribution in [0.5, 0.6) is 0 Å². The quantitative estimate of drug-likeness (QED) is 0.850. The zero-order chi connectivity index (χ0) is 14.1.